The van der Waals surface area contributed by atoms with Crippen LogP contribution in [0.15, 0.2) is 24.3 Å². The second-order valence-electron chi connectivity index (χ2n) is 5.84. The highest BCUT2D eigenvalue weighted by atomic mass is 16.5. The lowest BCUT2D eigenvalue weighted by Gasteiger charge is -2.33. The van der Waals surface area contributed by atoms with Gasteiger partial charge in [0.15, 0.2) is 0 Å². The van der Waals surface area contributed by atoms with Crippen molar-refractivity contribution in [3.8, 4) is 0 Å². The van der Waals surface area contributed by atoms with Crippen molar-refractivity contribution in [2.24, 2.45) is 5.92 Å². The third-order valence-electron chi connectivity index (χ3n) is 3.54. The van der Waals surface area contributed by atoms with E-state index in [0.717, 1.165) is 12.0 Å². The maximum absolute atomic E-state index is 11.6. The molecular formula is C16H22O2. The summed E-state index contributed by atoms with van der Waals surface area (Å²) in [4.78, 5) is 11.6. The zero-order chi connectivity index (χ0) is 13.2. The third-order valence-corrected chi connectivity index (χ3v) is 3.54. The first-order valence-corrected chi connectivity index (χ1v) is 6.75. The van der Waals surface area contributed by atoms with Gasteiger partial charge in [-0.25, -0.2) is 0 Å². The first kappa shape index (κ1) is 13.3. The Labute approximate surface area is 109 Å². The van der Waals surface area contributed by atoms with Gasteiger partial charge in [0, 0.05) is 12.8 Å². The van der Waals surface area contributed by atoms with Crippen molar-refractivity contribution >= 4 is 5.78 Å². The minimum Gasteiger partial charge on any atom is -0.370 e. The van der Waals surface area contributed by atoms with Gasteiger partial charge in [-0.1, -0.05) is 38.1 Å². The van der Waals surface area contributed by atoms with Crippen molar-refractivity contribution in [3.63, 3.8) is 0 Å². The van der Waals surface area contributed by atoms with E-state index < -0.39 is 5.60 Å². The lowest BCUT2D eigenvalue weighted by molar-refractivity contribution is -0.138. The lowest BCUT2D eigenvalue weighted by Crippen LogP contribution is -2.34. The molecule has 1 atom stereocenters. The molecule has 2 heteroatoms. The highest BCUT2D eigenvalue weighted by Gasteiger charge is 2.33. The molecule has 0 amide bonds. The van der Waals surface area contributed by atoms with Crippen LogP contribution in [0.25, 0.3) is 0 Å². The zero-order valence-corrected chi connectivity index (χ0v) is 11.5. The normalized spacial score (nSPS) is 24.6. The number of ether oxygens (including phenoxy) is 1. The molecule has 2 nitrogen and oxygen atoms in total. The van der Waals surface area contributed by atoms with Gasteiger partial charge in [0.05, 0.1) is 12.2 Å². The van der Waals surface area contributed by atoms with Gasteiger partial charge in [-0.3, -0.25) is 4.79 Å². The number of benzene rings is 1. The number of Topliss-reactive ketones (excluding diaryl/α,β-unsaturated/α-hetero) is 1. The van der Waals surface area contributed by atoms with Crippen LogP contribution in [0.4, 0.5) is 0 Å². The number of ketones is 1. The van der Waals surface area contributed by atoms with E-state index in [9.17, 15) is 4.79 Å². The second-order valence-corrected chi connectivity index (χ2v) is 5.84. The van der Waals surface area contributed by atoms with Crippen LogP contribution in [0, 0.1) is 5.92 Å². The Kier molecular flexibility index (Phi) is 3.86. The van der Waals surface area contributed by atoms with Gasteiger partial charge in [0.1, 0.15) is 5.78 Å². The van der Waals surface area contributed by atoms with Gasteiger partial charge in [-0.15, -0.1) is 0 Å². The summed E-state index contributed by atoms with van der Waals surface area (Å²) in [6, 6.07) is 8.53. The maximum Gasteiger partial charge on any atom is 0.138 e. The molecule has 18 heavy (non-hydrogen) atoms. The molecule has 2 rings (SSSR count). The summed E-state index contributed by atoms with van der Waals surface area (Å²) in [5, 5.41) is 0. The van der Waals surface area contributed by atoms with Crippen LogP contribution in [-0.2, 0) is 21.6 Å². The summed E-state index contributed by atoms with van der Waals surface area (Å²) in [6.07, 6.45) is 2.15. The van der Waals surface area contributed by atoms with Crippen molar-refractivity contribution in [2.75, 3.05) is 6.61 Å². The van der Waals surface area contributed by atoms with Crippen molar-refractivity contribution < 1.29 is 9.53 Å². The van der Waals surface area contributed by atoms with E-state index in [4.69, 9.17) is 4.74 Å². The summed E-state index contributed by atoms with van der Waals surface area (Å²) in [5.41, 5.74) is 2.04. The molecule has 0 N–H and O–H groups in total. The quantitative estimate of drug-likeness (QED) is 0.816. The van der Waals surface area contributed by atoms with Crippen molar-refractivity contribution in [1.29, 1.82) is 0 Å². The molecule has 0 aliphatic carbocycles. The van der Waals surface area contributed by atoms with Gasteiger partial charge in [0.25, 0.3) is 0 Å². The summed E-state index contributed by atoms with van der Waals surface area (Å²) in [6.45, 7) is 7.00. The molecule has 0 saturated carbocycles. The zero-order valence-electron chi connectivity index (χ0n) is 11.5. The van der Waals surface area contributed by atoms with E-state index in [0.29, 0.717) is 31.1 Å². The van der Waals surface area contributed by atoms with Gasteiger partial charge >= 0.3 is 0 Å². The van der Waals surface area contributed by atoms with Crippen LogP contribution in [0.5, 0.6) is 0 Å². The molecule has 98 valence electrons. The number of carbonyl (C=O) groups excluding carboxylic acids is 1. The predicted octanol–water partition coefficient (Wildman–Crippen LogP) is 3.48. The average Bonchev–Trinajstić information content (AvgIpc) is 2.28. The van der Waals surface area contributed by atoms with E-state index in [1.165, 1.54) is 5.56 Å². The molecule has 1 aromatic carbocycles. The van der Waals surface area contributed by atoms with E-state index >= 15 is 0 Å². The van der Waals surface area contributed by atoms with Crippen LogP contribution < -0.4 is 0 Å². The third kappa shape index (κ3) is 2.99. The van der Waals surface area contributed by atoms with E-state index in [-0.39, 0.29) is 0 Å². The highest BCUT2D eigenvalue weighted by Crippen LogP contribution is 2.33. The minimum atomic E-state index is -0.425. The Bertz CT molecular complexity index is 419. The van der Waals surface area contributed by atoms with Crippen molar-refractivity contribution in [3.05, 3.63) is 35.4 Å². The lowest BCUT2D eigenvalue weighted by atomic mass is 9.87. The molecule has 1 aliphatic heterocycles. The molecule has 0 spiro atoms. The molecule has 1 aromatic rings. The topological polar surface area (TPSA) is 26.3 Å². The first-order valence-electron chi connectivity index (χ1n) is 6.75. The van der Waals surface area contributed by atoms with Gasteiger partial charge in [-0.05, 0) is 30.4 Å². The minimum absolute atomic E-state index is 0.301. The standard InChI is InChI=1S/C16H22O2/c1-12(2)10-13-4-6-14(7-5-13)16(3)11-15(17)8-9-18-16/h4-7,12H,8-11H2,1-3H3. The first-order chi connectivity index (χ1) is 8.49. The van der Waals surface area contributed by atoms with Crippen LogP contribution >= 0.6 is 0 Å². The average molecular weight is 246 g/mol. The van der Waals surface area contributed by atoms with E-state index in [2.05, 4.69) is 38.1 Å². The molecule has 0 aromatic heterocycles. The fraction of sp³-hybridized carbons (Fsp3) is 0.562. The molecule has 1 heterocycles. The fourth-order valence-electron chi connectivity index (χ4n) is 2.56. The monoisotopic (exact) mass is 246 g/mol. The Hall–Kier alpha value is -1.15. The largest absolute Gasteiger partial charge is 0.370 e. The van der Waals surface area contributed by atoms with Crippen molar-refractivity contribution in [1.82, 2.24) is 0 Å². The highest BCUT2D eigenvalue weighted by molar-refractivity contribution is 5.80. The number of carbonyl (C=O) groups is 1. The van der Waals surface area contributed by atoms with E-state index in [1.54, 1.807) is 0 Å². The van der Waals surface area contributed by atoms with Gasteiger partial charge in [-0.2, -0.15) is 0 Å². The van der Waals surface area contributed by atoms with Crippen LogP contribution in [0.2, 0.25) is 0 Å². The molecule has 1 aliphatic rings. The van der Waals surface area contributed by atoms with Gasteiger partial charge in [0.2, 0.25) is 0 Å². The summed E-state index contributed by atoms with van der Waals surface area (Å²) in [5.74, 6) is 0.967. The maximum atomic E-state index is 11.6. The molecule has 1 unspecified atom stereocenters. The van der Waals surface area contributed by atoms with E-state index in [1.807, 2.05) is 6.92 Å². The molecule has 0 bridgehead atoms. The number of rotatable bonds is 3. The summed E-state index contributed by atoms with van der Waals surface area (Å²) in [7, 11) is 0. The Morgan fingerprint density at radius 2 is 1.94 bits per heavy atom. The Morgan fingerprint density at radius 1 is 1.28 bits per heavy atom. The van der Waals surface area contributed by atoms with Crippen LogP contribution in [0.3, 0.4) is 0 Å². The predicted molar refractivity (Wildman–Crippen MR) is 72.5 cm³/mol. The number of hydrogen-bond donors (Lipinski definition) is 0. The Morgan fingerprint density at radius 3 is 2.50 bits per heavy atom. The molecule has 1 fully saturated rings. The summed E-state index contributed by atoms with van der Waals surface area (Å²) >= 11 is 0. The number of hydrogen-bond acceptors (Lipinski definition) is 2. The van der Waals surface area contributed by atoms with Crippen LogP contribution in [-0.4, -0.2) is 12.4 Å². The molecule has 0 radical (unpaired) electrons. The second kappa shape index (κ2) is 5.23. The van der Waals surface area contributed by atoms with Gasteiger partial charge < -0.3 is 4.74 Å². The van der Waals surface area contributed by atoms with Crippen LogP contribution in [0.1, 0.15) is 44.7 Å². The SMILES string of the molecule is CC(C)Cc1ccc(C2(C)CC(=O)CCO2)cc1. The Balaban J connectivity index is 2.15. The summed E-state index contributed by atoms with van der Waals surface area (Å²) < 4.78 is 5.82. The smallest absolute Gasteiger partial charge is 0.138 e. The van der Waals surface area contributed by atoms with Crippen molar-refractivity contribution in [2.45, 2.75) is 45.6 Å². The molecule has 1 saturated heterocycles. The molecular weight excluding hydrogens is 224 g/mol. The fourth-order valence-corrected chi connectivity index (χ4v) is 2.56.